The number of nitriles is 2. The first kappa shape index (κ1) is 21.3. The molecule has 0 fully saturated rings. The monoisotopic (exact) mass is 406 g/mol. The van der Waals surface area contributed by atoms with Gasteiger partial charge in [-0.1, -0.05) is 23.4 Å². The van der Waals surface area contributed by atoms with Crippen LogP contribution < -0.4 is 0 Å². The van der Waals surface area contributed by atoms with Gasteiger partial charge in [-0.25, -0.2) is 0 Å². The zero-order valence-electron chi connectivity index (χ0n) is 15.5. The Bertz CT molecular complexity index is 1120. The summed E-state index contributed by atoms with van der Waals surface area (Å²) in [6.45, 7) is 1.67. The van der Waals surface area contributed by atoms with E-state index < -0.39 is 29.0 Å². The summed E-state index contributed by atoms with van der Waals surface area (Å²) < 4.78 is 0. The van der Waals surface area contributed by atoms with Crippen LogP contribution in [0.5, 0.6) is 5.75 Å². The molecule has 1 aromatic heterocycles. The third kappa shape index (κ3) is 4.84. The van der Waals surface area contributed by atoms with Gasteiger partial charge in [0.25, 0.3) is 5.91 Å². The molecule has 0 aliphatic rings. The maximum Gasteiger partial charge on any atom is 0.269 e. The highest BCUT2D eigenvalue weighted by Gasteiger charge is 2.24. The van der Waals surface area contributed by atoms with E-state index in [9.17, 15) is 20.3 Å². The number of pyridine rings is 1. The smallest absolute Gasteiger partial charge is 0.269 e. The minimum atomic E-state index is -0.763. The second-order valence-corrected chi connectivity index (χ2v) is 6.31. The van der Waals surface area contributed by atoms with Crippen molar-refractivity contribution < 1.29 is 15.0 Å². The number of rotatable bonds is 3. The summed E-state index contributed by atoms with van der Waals surface area (Å²) in [5.74, 6) is 3.88. The van der Waals surface area contributed by atoms with E-state index in [0.29, 0.717) is 5.56 Å². The normalized spacial score (nSPS) is 11.8. The number of halogens is 1. The maximum absolute atomic E-state index is 12.7. The highest BCUT2D eigenvalue weighted by atomic mass is 35.5. The lowest BCUT2D eigenvalue weighted by atomic mass is 10.0. The number of aliphatic hydroxyl groups is 1. The molecule has 0 aliphatic heterocycles. The van der Waals surface area contributed by atoms with Crippen molar-refractivity contribution in [3.8, 4) is 29.7 Å². The Hall–Kier alpha value is -3.99. The van der Waals surface area contributed by atoms with Crippen LogP contribution in [0, 0.1) is 34.5 Å². The topological polar surface area (TPSA) is 121 Å². The summed E-state index contributed by atoms with van der Waals surface area (Å²) in [5.41, 5.74) is -0.125. The Morgan fingerprint density at radius 1 is 1.34 bits per heavy atom. The summed E-state index contributed by atoms with van der Waals surface area (Å²) in [4.78, 5) is 17.9. The molecule has 2 rings (SSSR count). The molecule has 0 radical (unpaired) electrons. The highest BCUT2D eigenvalue weighted by Crippen LogP contribution is 2.31. The first-order valence-electron chi connectivity index (χ1n) is 8.25. The lowest BCUT2D eigenvalue weighted by Crippen LogP contribution is -2.35. The van der Waals surface area contributed by atoms with Crippen molar-refractivity contribution in [3.63, 3.8) is 0 Å². The second-order valence-electron chi connectivity index (χ2n) is 5.90. The number of benzene rings is 1. The molecule has 1 amide bonds. The molecule has 0 bridgehead atoms. The number of aliphatic hydroxyl groups excluding tert-OH is 1. The highest BCUT2D eigenvalue weighted by molar-refractivity contribution is 6.32. The van der Waals surface area contributed by atoms with E-state index in [1.54, 1.807) is 43.6 Å². The maximum atomic E-state index is 12.7. The summed E-state index contributed by atoms with van der Waals surface area (Å²) >= 11 is 5.85. The summed E-state index contributed by atoms with van der Waals surface area (Å²) in [6.07, 6.45) is 3.19. The average molecular weight is 407 g/mol. The molecule has 144 valence electrons. The van der Waals surface area contributed by atoms with Gasteiger partial charge in [0.05, 0.1) is 16.6 Å². The van der Waals surface area contributed by atoms with Gasteiger partial charge < -0.3 is 15.1 Å². The molecule has 0 spiro atoms. The van der Waals surface area contributed by atoms with Gasteiger partial charge >= 0.3 is 0 Å². The molecule has 2 N–H and O–H groups in total. The first-order valence-corrected chi connectivity index (χ1v) is 8.63. The van der Waals surface area contributed by atoms with Crippen molar-refractivity contribution in [2.24, 2.45) is 0 Å². The van der Waals surface area contributed by atoms with E-state index in [1.807, 2.05) is 0 Å². The zero-order valence-corrected chi connectivity index (χ0v) is 16.3. The summed E-state index contributed by atoms with van der Waals surface area (Å²) in [6, 6.07) is 8.61. The number of nitrogens with zero attached hydrogens (tertiary/aromatic N) is 4. The van der Waals surface area contributed by atoms with Crippen LogP contribution in [0.25, 0.3) is 5.76 Å². The van der Waals surface area contributed by atoms with E-state index in [0.717, 1.165) is 12.1 Å². The van der Waals surface area contributed by atoms with Gasteiger partial charge in [-0.3, -0.25) is 9.78 Å². The molecule has 29 heavy (non-hydrogen) atoms. The second kappa shape index (κ2) is 9.28. The minimum Gasteiger partial charge on any atom is -0.506 e. The van der Waals surface area contributed by atoms with Crippen LogP contribution in [0.2, 0.25) is 5.02 Å². The lowest BCUT2D eigenvalue weighted by molar-refractivity contribution is -0.126. The van der Waals surface area contributed by atoms with Crippen LogP contribution >= 0.6 is 11.6 Å². The van der Waals surface area contributed by atoms with Crippen LogP contribution in [0.15, 0.2) is 42.2 Å². The molecule has 8 heteroatoms. The number of phenols is 1. The van der Waals surface area contributed by atoms with Crippen LogP contribution in [-0.2, 0) is 4.79 Å². The van der Waals surface area contributed by atoms with Crippen molar-refractivity contribution in [3.05, 3.63) is 63.9 Å². The lowest BCUT2D eigenvalue weighted by Gasteiger charge is -2.20. The zero-order chi connectivity index (χ0) is 21.6. The Balaban J connectivity index is 2.36. The van der Waals surface area contributed by atoms with E-state index in [-0.39, 0.29) is 16.1 Å². The van der Waals surface area contributed by atoms with E-state index >= 15 is 0 Å². The molecular weight excluding hydrogens is 392 g/mol. The summed E-state index contributed by atoms with van der Waals surface area (Å²) in [5, 5.41) is 38.4. The number of likely N-dealkylation sites (N-methyl/N-ethyl adjacent to an activating group) is 1. The molecule has 1 heterocycles. The standard InChI is InChI=1S/C21H15ClN4O3/c1-13(5-6-14-4-3-7-25-12-14)26(2)21(29)17(11-24)19(27)15-8-16(10-23)20(28)18(22)9-15/h3-4,7-9,12-13,27-28H,1-2H3/b19-17-. The Kier molecular flexibility index (Phi) is 6.82. The van der Waals surface area contributed by atoms with E-state index in [1.165, 1.54) is 11.9 Å². The Morgan fingerprint density at radius 3 is 2.66 bits per heavy atom. The minimum absolute atomic E-state index is 0.0447. The average Bonchev–Trinajstić information content (AvgIpc) is 2.74. The Labute approximate surface area is 172 Å². The molecule has 0 aliphatic carbocycles. The van der Waals surface area contributed by atoms with E-state index in [2.05, 4.69) is 16.8 Å². The molecule has 1 aromatic carbocycles. The predicted molar refractivity (Wildman–Crippen MR) is 106 cm³/mol. The SMILES string of the molecule is CC(C#Cc1cccnc1)N(C)C(=O)/C(C#N)=C(\O)c1cc(Cl)c(O)c(C#N)c1. The number of phenolic OH excluding ortho intramolecular Hbond substituents is 1. The van der Waals surface area contributed by atoms with Crippen LogP contribution in [0.1, 0.15) is 23.6 Å². The number of aromatic hydroxyl groups is 1. The fourth-order valence-electron chi connectivity index (χ4n) is 2.24. The van der Waals surface area contributed by atoms with Crippen molar-refractivity contribution in [1.29, 1.82) is 10.5 Å². The van der Waals surface area contributed by atoms with E-state index in [4.69, 9.17) is 16.9 Å². The molecule has 0 saturated heterocycles. The van der Waals surface area contributed by atoms with Gasteiger partial charge in [0, 0.05) is 30.6 Å². The largest absolute Gasteiger partial charge is 0.506 e. The number of aromatic nitrogens is 1. The van der Waals surface area contributed by atoms with Gasteiger partial charge in [0.2, 0.25) is 0 Å². The van der Waals surface area contributed by atoms with Gasteiger partial charge in [0.1, 0.15) is 17.9 Å². The summed E-state index contributed by atoms with van der Waals surface area (Å²) in [7, 11) is 1.44. The number of hydrogen-bond donors (Lipinski definition) is 2. The third-order valence-corrected chi connectivity index (χ3v) is 4.30. The van der Waals surface area contributed by atoms with Crippen molar-refractivity contribution in [2.75, 3.05) is 7.05 Å². The predicted octanol–water partition coefficient (Wildman–Crippen LogP) is 3.00. The number of carbonyl (C=O) groups excluding carboxylic acids is 1. The number of amides is 1. The number of carbonyl (C=O) groups is 1. The molecule has 1 atom stereocenters. The quantitative estimate of drug-likeness (QED) is 0.350. The van der Waals surface area contributed by atoms with Gasteiger partial charge in [0.15, 0.2) is 11.3 Å². The fourth-order valence-corrected chi connectivity index (χ4v) is 2.46. The molecule has 2 aromatic rings. The van der Waals surface area contributed by atoms with Crippen molar-refractivity contribution in [2.45, 2.75) is 13.0 Å². The third-order valence-electron chi connectivity index (χ3n) is 4.01. The molecule has 0 saturated carbocycles. The van der Waals surface area contributed by atoms with Crippen molar-refractivity contribution >= 4 is 23.3 Å². The Morgan fingerprint density at radius 2 is 2.07 bits per heavy atom. The molecule has 1 unspecified atom stereocenters. The van der Waals surface area contributed by atoms with Gasteiger partial charge in [-0.2, -0.15) is 10.5 Å². The van der Waals surface area contributed by atoms with Crippen LogP contribution in [0.4, 0.5) is 0 Å². The molecular formula is C21H15ClN4O3. The van der Waals surface area contributed by atoms with Gasteiger partial charge in [-0.05, 0) is 31.2 Å². The van der Waals surface area contributed by atoms with Crippen LogP contribution in [-0.4, -0.2) is 39.1 Å². The first-order chi connectivity index (χ1) is 13.8. The van der Waals surface area contributed by atoms with Gasteiger partial charge in [-0.15, -0.1) is 0 Å². The number of hydrogen-bond acceptors (Lipinski definition) is 6. The van der Waals surface area contributed by atoms with Crippen molar-refractivity contribution in [1.82, 2.24) is 9.88 Å². The molecule has 7 nitrogen and oxygen atoms in total. The fraction of sp³-hybridized carbons (Fsp3) is 0.143. The van der Waals surface area contributed by atoms with Crippen LogP contribution in [0.3, 0.4) is 0 Å².